The summed E-state index contributed by atoms with van der Waals surface area (Å²) in [6.07, 6.45) is 2.37. The highest BCUT2D eigenvalue weighted by Gasteiger charge is 2.19. The van der Waals surface area contributed by atoms with Crippen molar-refractivity contribution >= 4 is 23.8 Å². The zero-order chi connectivity index (χ0) is 17.1. The highest BCUT2D eigenvalue weighted by molar-refractivity contribution is 7.71. The van der Waals surface area contributed by atoms with E-state index in [2.05, 4.69) is 32.5 Å². The number of carbonyl (C=O) groups is 1. The van der Waals surface area contributed by atoms with Crippen LogP contribution in [0.4, 0.5) is 5.69 Å². The van der Waals surface area contributed by atoms with Gasteiger partial charge in [0.05, 0.1) is 5.56 Å². The Morgan fingerprint density at radius 3 is 2.75 bits per heavy atom. The smallest absolute Gasteiger partial charge is 0.253 e. The summed E-state index contributed by atoms with van der Waals surface area (Å²) in [5, 5.41) is 9.84. The molecule has 1 fully saturated rings. The summed E-state index contributed by atoms with van der Waals surface area (Å²) in [4.78, 5) is 15.0. The highest BCUT2D eigenvalue weighted by Crippen LogP contribution is 2.25. The van der Waals surface area contributed by atoms with Crippen molar-refractivity contribution in [2.75, 3.05) is 24.5 Å². The van der Waals surface area contributed by atoms with Gasteiger partial charge in [0.25, 0.3) is 5.91 Å². The van der Waals surface area contributed by atoms with E-state index in [0.717, 1.165) is 35.7 Å². The average Bonchev–Trinajstić information content (AvgIpc) is 3.19. The molecule has 128 valence electrons. The molecular formula is C17H23N5OS. The molecule has 24 heavy (non-hydrogen) atoms. The number of amides is 1. The minimum absolute atomic E-state index is 0.0340. The normalized spacial score (nSPS) is 14.2. The third-order valence-corrected chi connectivity index (χ3v) is 4.73. The Morgan fingerprint density at radius 2 is 2.08 bits per heavy atom. The molecule has 1 aromatic carbocycles. The van der Waals surface area contributed by atoms with Crippen molar-refractivity contribution < 1.29 is 4.79 Å². The number of aryl methyl sites for hydroxylation is 2. The lowest BCUT2D eigenvalue weighted by Crippen LogP contribution is -2.30. The predicted octanol–water partition coefficient (Wildman–Crippen LogP) is 2.59. The largest absolute Gasteiger partial charge is 0.371 e. The molecule has 1 aromatic heterocycles. The van der Waals surface area contributed by atoms with Gasteiger partial charge in [-0.2, -0.15) is 5.10 Å². The molecule has 3 rings (SSSR count). The topological polar surface area (TPSA) is 66.0 Å². The van der Waals surface area contributed by atoms with Crippen molar-refractivity contribution in [3.8, 4) is 0 Å². The van der Waals surface area contributed by atoms with Crippen molar-refractivity contribution in [3.63, 3.8) is 0 Å². The third kappa shape index (κ3) is 3.51. The number of nitrogens with zero attached hydrogens (tertiary/aromatic N) is 3. The number of nitrogens with one attached hydrogen (secondary N) is 2. The van der Waals surface area contributed by atoms with E-state index in [4.69, 9.17) is 12.2 Å². The maximum absolute atomic E-state index is 12.7. The van der Waals surface area contributed by atoms with Gasteiger partial charge in [-0.1, -0.05) is 11.6 Å². The van der Waals surface area contributed by atoms with Gasteiger partial charge in [0.1, 0.15) is 5.82 Å². The van der Waals surface area contributed by atoms with Gasteiger partial charge in [0, 0.05) is 31.9 Å². The summed E-state index contributed by atoms with van der Waals surface area (Å²) in [5.74, 6) is 0.788. The standard InChI is InChI=1S/C17H23N5OS/c1-12-5-6-15(21-8-3-4-9-21)14(11-12)16(23)18-7-10-22-13(2)19-20-17(22)24/h5-6,11H,3-4,7-10H2,1-2H3,(H,18,23)(H,20,24). The molecule has 6 nitrogen and oxygen atoms in total. The minimum Gasteiger partial charge on any atom is -0.371 e. The van der Waals surface area contributed by atoms with Gasteiger partial charge in [-0.25, -0.2) is 0 Å². The summed E-state index contributed by atoms with van der Waals surface area (Å²) in [5.41, 5.74) is 2.88. The van der Waals surface area contributed by atoms with Crippen LogP contribution in [0.5, 0.6) is 0 Å². The average molecular weight is 345 g/mol. The van der Waals surface area contributed by atoms with E-state index in [-0.39, 0.29) is 5.91 Å². The number of hydrogen-bond donors (Lipinski definition) is 2. The summed E-state index contributed by atoms with van der Waals surface area (Å²) >= 11 is 5.18. The van der Waals surface area contributed by atoms with E-state index >= 15 is 0 Å². The fraction of sp³-hybridized carbons (Fsp3) is 0.471. The van der Waals surface area contributed by atoms with Crippen LogP contribution in [0, 0.1) is 18.6 Å². The minimum atomic E-state index is -0.0340. The SMILES string of the molecule is Cc1ccc(N2CCCC2)c(C(=O)NCCn2c(C)n[nH]c2=S)c1. The second-order valence-corrected chi connectivity index (χ2v) is 6.58. The van der Waals surface area contributed by atoms with Gasteiger partial charge in [-0.15, -0.1) is 0 Å². The number of aromatic nitrogens is 3. The maximum atomic E-state index is 12.7. The summed E-state index contributed by atoms with van der Waals surface area (Å²) in [7, 11) is 0. The van der Waals surface area contributed by atoms with Crippen molar-refractivity contribution in [2.24, 2.45) is 0 Å². The molecule has 2 aromatic rings. The number of carbonyl (C=O) groups excluding carboxylic acids is 1. The van der Waals surface area contributed by atoms with Gasteiger partial charge in [0.2, 0.25) is 0 Å². The first kappa shape index (κ1) is 16.7. The predicted molar refractivity (Wildman–Crippen MR) is 97.1 cm³/mol. The molecule has 0 atom stereocenters. The van der Waals surface area contributed by atoms with E-state index in [9.17, 15) is 4.79 Å². The molecule has 1 amide bonds. The zero-order valence-corrected chi connectivity index (χ0v) is 14.9. The molecule has 0 radical (unpaired) electrons. The van der Waals surface area contributed by atoms with E-state index in [1.807, 2.05) is 24.5 Å². The van der Waals surface area contributed by atoms with E-state index in [0.29, 0.717) is 17.9 Å². The molecule has 2 heterocycles. The molecule has 0 aliphatic carbocycles. The van der Waals surface area contributed by atoms with Crippen LogP contribution in [-0.4, -0.2) is 40.3 Å². The number of H-pyrrole nitrogens is 1. The molecule has 1 aliphatic rings. The number of hydrogen-bond acceptors (Lipinski definition) is 4. The van der Waals surface area contributed by atoms with Gasteiger partial charge in [0.15, 0.2) is 4.77 Å². The first-order chi connectivity index (χ1) is 11.6. The Hall–Kier alpha value is -2.15. The number of benzene rings is 1. The van der Waals surface area contributed by atoms with Crippen molar-refractivity contribution in [1.82, 2.24) is 20.1 Å². The van der Waals surface area contributed by atoms with Crippen LogP contribution in [-0.2, 0) is 6.54 Å². The molecule has 0 unspecified atom stereocenters. The van der Waals surface area contributed by atoms with Gasteiger partial charge < -0.3 is 14.8 Å². The quantitative estimate of drug-likeness (QED) is 0.818. The monoisotopic (exact) mass is 345 g/mol. The second kappa shape index (κ2) is 7.17. The third-order valence-electron chi connectivity index (χ3n) is 4.41. The van der Waals surface area contributed by atoms with Crippen LogP contribution >= 0.6 is 12.2 Å². The summed E-state index contributed by atoms with van der Waals surface area (Å²) in [6.45, 7) is 7.07. The molecule has 1 saturated heterocycles. The van der Waals surface area contributed by atoms with Crippen molar-refractivity contribution in [1.29, 1.82) is 0 Å². The lowest BCUT2D eigenvalue weighted by molar-refractivity contribution is 0.0952. The van der Waals surface area contributed by atoms with Crippen LogP contribution in [0.2, 0.25) is 0 Å². The highest BCUT2D eigenvalue weighted by atomic mass is 32.1. The molecular weight excluding hydrogens is 322 g/mol. The lowest BCUT2D eigenvalue weighted by Gasteiger charge is -2.21. The van der Waals surface area contributed by atoms with E-state index in [1.54, 1.807) is 0 Å². The van der Waals surface area contributed by atoms with Crippen LogP contribution in [0.25, 0.3) is 0 Å². The first-order valence-corrected chi connectivity index (χ1v) is 8.72. The number of anilines is 1. The Kier molecular flexibility index (Phi) is 4.99. The van der Waals surface area contributed by atoms with Gasteiger partial charge >= 0.3 is 0 Å². The van der Waals surface area contributed by atoms with Crippen LogP contribution in [0.15, 0.2) is 18.2 Å². The fourth-order valence-corrected chi connectivity index (χ4v) is 3.37. The Morgan fingerprint density at radius 1 is 1.33 bits per heavy atom. The summed E-state index contributed by atoms with van der Waals surface area (Å²) < 4.78 is 2.46. The van der Waals surface area contributed by atoms with Crippen LogP contribution < -0.4 is 10.2 Å². The van der Waals surface area contributed by atoms with Crippen molar-refractivity contribution in [3.05, 3.63) is 39.9 Å². The fourth-order valence-electron chi connectivity index (χ4n) is 3.10. The van der Waals surface area contributed by atoms with Gasteiger partial charge in [-0.05, 0) is 51.0 Å². The Balaban J connectivity index is 1.70. The van der Waals surface area contributed by atoms with Crippen LogP contribution in [0.1, 0.15) is 34.6 Å². The van der Waals surface area contributed by atoms with Gasteiger partial charge in [-0.3, -0.25) is 9.89 Å². The van der Waals surface area contributed by atoms with E-state index in [1.165, 1.54) is 12.8 Å². The van der Waals surface area contributed by atoms with Crippen LogP contribution in [0.3, 0.4) is 0 Å². The molecule has 7 heteroatoms. The first-order valence-electron chi connectivity index (χ1n) is 8.32. The Bertz CT molecular complexity index is 789. The second-order valence-electron chi connectivity index (χ2n) is 6.20. The molecule has 1 aliphatic heterocycles. The molecule has 0 saturated carbocycles. The zero-order valence-electron chi connectivity index (χ0n) is 14.1. The lowest BCUT2D eigenvalue weighted by atomic mass is 10.1. The summed E-state index contributed by atoms with van der Waals surface area (Å²) in [6, 6.07) is 6.10. The number of aromatic amines is 1. The molecule has 0 spiro atoms. The number of rotatable bonds is 5. The molecule has 0 bridgehead atoms. The van der Waals surface area contributed by atoms with Crippen molar-refractivity contribution in [2.45, 2.75) is 33.2 Å². The molecule has 2 N–H and O–H groups in total. The van der Waals surface area contributed by atoms with E-state index < -0.39 is 0 Å². The maximum Gasteiger partial charge on any atom is 0.253 e. The Labute approximate surface area is 146 Å².